The van der Waals surface area contributed by atoms with Gasteiger partial charge in [-0.05, 0) is 49.7 Å². The number of hydrogen-bond donors (Lipinski definition) is 0. The van der Waals surface area contributed by atoms with Crippen LogP contribution in [0.15, 0.2) is 47.4 Å². The molecule has 0 bridgehead atoms. The van der Waals surface area contributed by atoms with Gasteiger partial charge in [0.05, 0.1) is 30.9 Å². The van der Waals surface area contributed by atoms with Gasteiger partial charge >= 0.3 is 0 Å². The zero-order chi connectivity index (χ0) is 22.6. The molecule has 1 unspecified atom stereocenters. The van der Waals surface area contributed by atoms with E-state index in [0.717, 1.165) is 17.7 Å². The fourth-order valence-corrected chi connectivity index (χ4v) is 5.03. The van der Waals surface area contributed by atoms with Crippen molar-refractivity contribution in [1.29, 1.82) is 5.26 Å². The van der Waals surface area contributed by atoms with E-state index in [0.29, 0.717) is 12.1 Å². The van der Waals surface area contributed by atoms with Crippen LogP contribution < -0.4 is 0 Å². The fourth-order valence-electron chi connectivity index (χ4n) is 3.54. The summed E-state index contributed by atoms with van der Waals surface area (Å²) in [5, 5.41) is 8.96. The average molecular weight is 446 g/mol. The van der Waals surface area contributed by atoms with Crippen molar-refractivity contribution in [3.05, 3.63) is 65.0 Å². The van der Waals surface area contributed by atoms with Crippen molar-refractivity contribution >= 4 is 15.9 Å². The second kappa shape index (κ2) is 9.56. The Hall–Kier alpha value is -2.80. The van der Waals surface area contributed by atoms with Gasteiger partial charge in [-0.1, -0.05) is 12.1 Å². The first-order valence-electron chi connectivity index (χ1n) is 9.98. The number of amides is 1. The average Bonchev–Trinajstić information content (AvgIpc) is 2.80. The van der Waals surface area contributed by atoms with E-state index in [1.807, 2.05) is 13.8 Å². The summed E-state index contributed by atoms with van der Waals surface area (Å²) in [5.41, 5.74) is 1.44. The third kappa shape index (κ3) is 4.77. The van der Waals surface area contributed by atoms with Crippen LogP contribution in [-0.2, 0) is 14.8 Å². The Bertz CT molecular complexity index is 1090. The lowest BCUT2D eigenvalue weighted by Gasteiger charge is -2.29. The lowest BCUT2D eigenvalue weighted by Crippen LogP contribution is -2.41. The molecule has 2 aromatic carbocycles. The third-order valence-corrected chi connectivity index (χ3v) is 7.27. The zero-order valence-corrected chi connectivity index (χ0v) is 18.2. The number of hydrogen-bond acceptors (Lipinski definition) is 5. The van der Waals surface area contributed by atoms with Crippen molar-refractivity contribution in [2.75, 3.05) is 32.8 Å². The quantitative estimate of drug-likeness (QED) is 0.682. The topological polar surface area (TPSA) is 90.7 Å². The second-order valence-corrected chi connectivity index (χ2v) is 9.07. The normalized spacial score (nSPS) is 15.8. The molecule has 164 valence electrons. The van der Waals surface area contributed by atoms with Crippen molar-refractivity contribution in [3.63, 3.8) is 0 Å². The maximum atomic E-state index is 14.5. The van der Waals surface area contributed by atoms with Gasteiger partial charge in [0.25, 0.3) is 5.91 Å². The first kappa shape index (κ1) is 22.9. The summed E-state index contributed by atoms with van der Waals surface area (Å²) in [4.78, 5) is 14.3. The maximum Gasteiger partial charge on any atom is 0.254 e. The highest BCUT2D eigenvalue weighted by Gasteiger charge is 2.31. The molecular formula is C22H24FN3O4S. The number of benzene rings is 2. The van der Waals surface area contributed by atoms with Gasteiger partial charge in [0.1, 0.15) is 10.7 Å². The van der Waals surface area contributed by atoms with Crippen LogP contribution in [0.5, 0.6) is 0 Å². The van der Waals surface area contributed by atoms with Crippen LogP contribution in [0.25, 0.3) is 0 Å². The van der Waals surface area contributed by atoms with E-state index in [9.17, 15) is 17.6 Å². The summed E-state index contributed by atoms with van der Waals surface area (Å²) in [7, 11) is -4.08. The molecule has 31 heavy (non-hydrogen) atoms. The third-order valence-electron chi connectivity index (χ3n) is 5.36. The van der Waals surface area contributed by atoms with Gasteiger partial charge in [-0.3, -0.25) is 4.79 Å². The molecule has 1 amide bonds. The molecule has 7 nitrogen and oxygen atoms in total. The molecule has 1 aliphatic heterocycles. The van der Waals surface area contributed by atoms with Crippen LogP contribution in [0.4, 0.5) is 4.39 Å². The highest BCUT2D eigenvalue weighted by Crippen LogP contribution is 2.26. The van der Waals surface area contributed by atoms with Crippen molar-refractivity contribution in [1.82, 2.24) is 9.21 Å². The minimum absolute atomic E-state index is 0.0931. The van der Waals surface area contributed by atoms with E-state index >= 15 is 0 Å². The van der Waals surface area contributed by atoms with Gasteiger partial charge in [0, 0.05) is 25.2 Å². The van der Waals surface area contributed by atoms with Gasteiger partial charge in [-0.15, -0.1) is 0 Å². The fraction of sp³-hybridized carbons (Fsp3) is 0.364. The molecule has 1 aliphatic rings. The van der Waals surface area contributed by atoms with E-state index in [4.69, 9.17) is 10.00 Å². The molecule has 0 aromatic heterocycles. The minimum atomic E-state index is -4.08. The van der Waals surface area contributed by atoms with Crippen LogP contribution >= 0.6 is 0 Å². The summed E-state index contributed by atoms with van der Waals surface area (Å²) >= 11 is 0. The molecular weight excluding hydrogens is 421 g/mol. The number of ether oxygens (including phenoxy) is 1. The molecule has 1 heterocycles. The monoisotopic (exact) mass is 445 g/mol. The Balaban J connectivity index is 1.91. The number of carbonyl (C=O) groups is 1. The summed E-state index contributed by atoms with van der Waals surface area (Å²) in [6, 6.07) is 12.0. The SMILES string of the molecule is CCN(C(=O)c1ccc(F)c(S(=O)(=O)N2CCOCC2)c1)C(C)c1ccc(C#N)cc1. The van der Waals surface area contributed by atoms with Crippen molar-refractivity contribution in [2.24, 2.45) is 0 Å². The first-order valence-corrected chi connectivity index (χ1v) is 11.4. The van der Waals surface area contributed by atoms with Gasteiger partial charge in [-0.25, -0.2) is 12.8 Å². The molecule has 0 saturated carbocycles. The van der Waals surface area contributed by atoms with Crippen LogP contribution in [0, 0.1) is 17.1 Å². The summed E-state index contributed by atoms with van der Waals surface area (Å²) < 4.78 is 46.6. The molecule has 2 aromatic rings. The zero-order valence-electron chi connectivity index (χ0n) is 17.4. The van der Waals surface area contributed by atoms with Crippen molar-refractivity contribution in [2.45, 2.75) is 24.8 Å². The lowest BCUT2D eigenvalue weighted by molar-refractivity contribution is 0.0701. The Morgan fingerprint density at radius 3 is 2.45 bits per heavy atom. The number of halogens is 1. The number of rotatable bonds is 6. The minimum Gasteiger partial charge on any atom is -0.379 e. The van der Waals surface area contributed by atoms with Gasteiger partial charge in [0.2, 0.25) is 10.0 Å². The lowest BCUT2D eigenvalue weighted by atomic mass is 10.0. The molecule has 0 aliphatic carbocycles. The number of nitrogens with zero attached hydrogens (tertiary/aromatic N) is 3. The highest BCUT2D eigenvalue weighted by molar-refractivity contribution is 7.89. The van der Waals surface area contributed by atoms with Gasteiger partial charge < -0.3 is 9.64 Å². The molecule has 0 spiro atoms. The van der Waals surface area contributed by atoms with E-state index in [1.165, 1.54) is 10.4 Å². The highest BCUT2D eigenvalue weighted by atomic mass is 32.2. The molecule has 1 atom stereocenters. The first-order chi connectivity index (χ1) is 14.8. The summed E-state index contributed by atoms with van der Waals surface area (Å²) in [6.45, 7) is 4.78. The van der Waals surface area contributed by atoms with Gasteiger partial charge in [0.15, 0.2) is 0 Å². The van der Waals surface area contributed by atoms with E-state index in [1.54, 1.807) is 29.2 Å². The standard InChI is InChI=1S/C22H24FN3O4S/c1-3-26(16(2)18-6-4-17(15-24)5-7-18)22(27)19-8-9-20(23)21(14-19)31(28,29)25-10-12-30-13-11-25/h4-9,14,16H,3,10-13H2,1-2H3. The van der Waals surface area contributed by atoms with E-state index in [2.05, 4.69) is 6.07 Å². The second-order valence-electron chi connectivity index (χ2n) is 7.16. The predicted octanol–water partition coefficient (Wildman–Crippen LogP) is 2.94. The Morgan fingerprint density at radius 2 is 1.87 bits per heavy atom. The number of nitriles is 1. The Morgan fingerprint density at radius 1 is 1.23 bits per heavy atom. The van der Waals surface area contributed by atoms with Crippen LogP contribution in [0.3, 0.4) is 0 Å². The van der Waals surface area contributed by atoms with Gasteiger partial charge in [-0.2, -0.15) is 9.57 Å². The van der Waals surface area contributed by atoms with E-state index in [-0.39, 0.29) is 37.9 Å². The van der Waals surface area contributed by atoms with Crippen LogP contribution in [-0.4, -0.2) is 56.4 Å². The molecule has 3 rings (SSSR count). The maximum absolute atomic E-state index is 14.5. The summed E-state index contributed by atoms with van der Waals surface area (Å²) in [6.07, 6.45) is 0. The molecule has 0 N–H and O–H groups in total. The van der Waals surface area contributed by atoms with E-state index < -0.39 is 26.6 Å². The Labute approximate surface area is 181 Å². The molecule has 0 radical (unpaired) electrons. The van der Waals surface area contributed by atoms with Crippen LogP contribution in [0.1, 0.15) is 41.4 Å². The molecule has 1 fully saturated rings. The largest absolute Gasteiger partial charge is 0.379 e. The number of morpholine rings is 1. The van der Waals surface area contributed by atoms with Crippen molar-refractivity contribution < 1.29 is 22.3 Å². The predicted molar refractivity (Wildman–Crippen MR) is 112 cm³/mol. The molecule has 9 heteroatoms. The Kier molecular flexibility index (Phi) is 7.05. The smallest absolute Gasteiger partial charge is 0.254 e. The molecule has 1 saturated heterocycles. The number of sulfonamides is 1. The van der Waals surface area contributed by atoms with Crippen LogP contribution in [0.2, 0.25) is 0 Å². The number of carbonyl (C=O) groups excluding carboxylic acids is 1. The van der Waals surface area contributed by atoms with Crippen molar-refractivity contribution in [3.8, 4) is 6.07 Å². The summed E-state index contributed by atoms with van der Waals surface area (Å²) in [5.74, 6) is -1.30.